The number of thioether (sulfide) groups is 1. The first-order valence-corrected chi connectivity index (χ1v) is 17.1. The third-order valence-electron chi connectivity index (χ3n) is 10.0. The van der Waals surface area contributed by atoms with E-state index in [1.165, 1.54) is 64.9 Å². The zero-order valence-corrected chi connectivity index (χ0v) is 27.3. The lowest BCUT2D eigenvalue weighted by Gasteiger charge is -2.27. The van der Waals surface area contributed by atoms with Gasteiger partial charge in [-0.05, 0) is 61.4 Å². The van der Waals surface area contributed by atoms with Crippen molar-refractivity contribution in [3.05, 3.63) is 162 Å². The zero-order chi connectivity index (χ0) is 31.7. The molecule has 3 heterocycles. The molecule has 0 N–H and O–H groups in total. The smallest absolute Gasteiger partial charge is 0.0552 e. The molecule has 2 aliphatic rings. The fourth-order valence-corrected chi connectivity index (χ4v) is 9.52. The van der Waals surface area contributed by atoms with E-state index in [4.69, 9.17) is 0 Å². The van der Waals surface area contributed by atoms with E-state index in [1.54, 1.807) is 0 Å². The minimum Gasteiger partial charge on any atom is -0.309 e. The van der Waals surface area contributed by atoms with Crippen molar-refractivity contribution in [3.8, 4) is 22.5 Å². The molecule has 0 radical (unpaired) electrons. The fraction of sp³-hybridized carbons (Fsp3) is 0.0909. The standard InChI is InChI=1S/C44H34N2S/c1-4-15-32-33-19-7-10-23-39(33)46(37(32)5-2)38-22-9-6-18-31(38)29-16-14-17-30(28-29)45-40-24-11-8-20-35(40)42-41(45)26-25-34-36-21-12-13-27-44(36,3)47-43(34)42/h4-28,36H,1H2,2-3H3/b32-15-,37-5+. The van der Waals surface area contributed by atoms with Crippen LogP contribution in [-0.4, -0.2) is 13.9 Å². The second-order valence-electron chi connectivity index (χ2n) is 12.6. The van der Waals surface area contributed by atoms with Gasteiger partial charge in [0.2, 0.25) is 0 Å². The van der Waals surface area contributed by atoms with Gasteiger partial charge in [-0.1, -0.05) is 122 Å². The average Bonchev–Trinajstić information content (AvgIpc) is 3.73. The second-order valence-corrected chi connectivity index (χ2v) is 14.1. The van der Waals surface area contributed by atoms with Gasteiger partial charge in [0.15, 0.2) is 0 Å². The first-order valence-electron chi connectivity index (χ1n) is 16.3. The fourth-order valence-electron chi connectivity index (χ4n) is 7.97. The van der Waals surface area contributed by atoms with Crippen molar-refractivity contribution in [2.75, 3.05) is 0 Å². The first-order chi connectivity index (χ1) is 23.1. The molecular formula is C44H34N2S. The van der Waals surface area contributed by atoms with E-state index in [0.29, 0.717) is 5.92 Å². The number of hydrogen-bond acceptors (Lipinski definition) is 1. The van der Waals surface area contributed by atoms with Crippen molar-refractivity contribution in [2.45, 2.75) is 29.4 Å². The summed E-state index contributed by atoms with van der Waals surface area (Å²) in [4.78, 5) is 1.41. The Labute approximate surface area is 279 Å². The van der Waals surface area contributed by atoms with E-state index < -0.39 is 0 Å². The van der Waals surface area contributed by atoms with Crippen molar-refractivity contribution >= 4 is 56.6 Å². The van der Waals surface area contributed by atoms with Gasteiger partial charge in [0.25, 0.3) is 0 Å². The number of hydrogen-bond donors (Lipinski definition) is 0. The quantitative estimate of drug-likeness (QED) is 0.190. The highest BCUT2D eigenvalue weighted by Crippen LogP contribution is 2.58. The summed E-state index contributed by atoms with van der Waals surface area (Å²) in [5, 5.41) is 6.25. The number of allylic oxidation sites excluding steroid dienone is 4. The van der Waals surface area contributed by atoms with Crippen LogP contribution >= 0.6 is 11.8 Å². The molecule has 0 saturated carbocycles. The van der Waals surface area contributed by atoms with Gasteiger partial charge >= 0.3 is 0 Å². The molecule has 0 spiro atoms. The molecule has 0 bridgehead atoms. The summed E-state index contributed by atoms with van der Waals surface area (Å²) in [5.41, 5.74) is 9.80. The molecule has 2 unspecified atom stereocenters. The lowest BCUT2D eigenvalue weighted by atomic mass is 9.83. The van der Waals surface area contributed by atoms with E-state index in [0.717, 1.165) is 11.4 Å². The van der Waals surface area contributed by atoms with Gasteiger partial charge in [-0.2, -0.15) is 0 Å². The molecule has 1 aliphatic carbocycles. The Kier molecular flexibility index (Phi) is 6.35. The maximum atomic E-state index is 4.02. The van der Waals surface area contributed by atoms with Crippen molar-refractivity contribution < 1.29 is 0 Å². The Morgan fingerprint density at radius 1 is 0.766 bits per heavy atom. The zero-order valence-electron chi connectivity index (χ0n) is 26.5. The summed E-state index contributed by atoms with van der Waals surface area (Å²) >= 11 is 2.02. The Morgan fingerprint density at radius 3 is 2.36 bits per heavy atom. The third kappa shape index (κ3) is 4.06. The molecular weight excluding hydrogens is 589 g/mol. The number of benzene rings is 5. The van der Waals surface area contributed by atoms with Crippen LogP contribution in [-0.2, 0) is 0 Å². The van der Waals surface area contributed by atoms with Crippen LogP contribution in [0.25, 0.3) is 67.4 Å². The lowest BCUT2D eigenvalue weighted by Crippen LogP contribution is -2.28. The van der Waals surface area contributed by atoms with Crippen molar-refractivity contribution in [3.63, 3.8) is 0 Å². The van der Waals surface area contributed by atoms with Gasteiger partial charge in [0.1, 0.15) is 0 Å². The third-order valence-corrected chi connectivity index (χ3v) is 11.5. The number of para-hydroxylation sites is 3. The molecule has 9 rings (SSSR count). The van der Waals surface area contributed by atoms with Gasteiger partial charge in [0.05, 0.1) is 22.2 Å². The summed E-state index contributed by atoms with van der Waals surface area (Å²) in [7, 11) is 0. The average molecular weight is 623 g/mol. The molecule has 7 aromatic rings. The van der Waals surface area contributed by atoms with E-state index in [2.05, 4.69) is 175 Å². The summed E-state index contributed by atoms with van der Waals surface area (Å²) in [6, 6.07) is 40.1. The number of nitrogens with zero attached hydrogens (tertiary/aromatic N) is 2. The monoisotopic (exact) mass is 622 g/mol. The van der Waals surface area contributed by atoms with Crippen LogP contribution in [0, 0.1) is 0 Å². The van der Waals surface area contributed by atoms with Crippen molar-refractivity contribution in [1.82, 2.24) is 9.13 Å². The first kappa shape index (κ1) is 28.0. The number of aromatic nitrogens is 2. The van der Waals surface area contributed by atoms with Gasteiger partial charge in [0, 0.05) is 53.5 Å². The number of rotatable bonds is 4. The predicted octanol–water partition coefficient (Wildman–Crippen LogP) is 10.2. The molecule has 5 aromatic carbocycles. The molecule has 226 valence electrons. The molecule has 2 nitrogen and oxygen atoms in total. The second kappa shape index (κ2) is 10.7. The Bertz CT molecular complexity index is 2610. The van der Waals surface area contributed by atoms with E-state index in [1.807, 2.05) is 17.8 Å². The topological polar surface area (TPSA) is 9.86 Å². The van der Waals surface area contributed by atoms with Gasteiger partial charge in [-0.3, -0.25) is 0 Å². The van der Waals surface area contributed by atoms with Crippen LogP contribution < -0.4 is 10.6 Å². The van der Waals surface area contributed by atoms with Crippen LogP contribution in [0.15, 0.2) is 151 Å². The highest BCUT2D eigenvalue weighted by molar-refractivity contribution is 8.01. The Balaban J connectivity index is 1.27. The predicted molar refractivity (Wildman–Crippen MR) is 202 cm³/mol. The summed E-state index contributed by atoms with van der Waals surface area (Å²) < 4.78 is 4.90. The van der Waals surface area contributed by atoms with Crippen LogP contribution in [0.4, 0.5) is 0 Å². The van der Waals surface area contributed by atoms with Crippen LogP contribution in [0.1, 0.15) is 25.3 Å². The highest BCUT2D eigenvalue weighted by atomic mass is 32.2. The maximum absolute atomic E-state index is 4.02. The lowest BCUT2D eigenvalue weighted by molar-refractivity contribution is 0.702. The van der Waals surface area contributed by atoms with E-state index in [9.17, 15) is 0 Å². The summed E-state index contributed by atoms with van der Waals surface area (Å²) in [5.74, 6) is 0.387. The molecule has 3 heteroatoms. The van der Waals surface area contributed by atoms with E-state index >= 15 is 0 Å². The molecule has 0 saturated heterocycles. The van der Waals surface area contributed by atoms with E-state index in [-0.39, 0.29) is 4.75 Å². The molecule has 1 aliphatic heterocycles. The van der Waals surface area contributed by atoms with Crippen LogP contribution in [0.3, 0.4) is 0 Å². The largest absolute Gasteiger partial charge is 0.309 e. The minimum atomic E-state index is 0.0406. The SMILES string of the molecule is C=C/C=c1\c(=C/C)n(-c2ccccc2-c2cccc(-n3c4ccccc4c4c5c(ccc43)C3C=CC=CC3(C)S5)c2)c2ccccc12. The molecule has 47 heavy (non-hydrogen) atoms. The minimum absolute atomic E-state index is 0.0406. The number of fused-ring (bicyclic) bond motifs is 8. The van der Waals surface area contributed by atoms with Crippen LogP contribution in [0.5, 0.6) is 0 Å². The summed E-state index contributed by atoms with van der Waals surface area (Å²) in [6.07, 6.45) is 15.4. The molecule has 2 atom stereocenters. The molecule has 0 amide bonds. The van der Waals surface area contributed by atoms with Gasteiger partial charge < -0.3 is 9.13 Å². The van der Waals surface area contributed by atoms with Gasteiger partial charge in [-0.15, -0.1) is 11.8 Å². The Hall–Kier alpha value is -5.25. The van der Waals surface area contributed by atoms with Crippen LogP contribution in [0.2, 0.25) is 0 Å². The maximum Gasteiger partial charge on any atom is 0.0552 e. The molecule has 0 fully saturated rings. The normalized spacial score (nSPS) is 19.2. The Morgan fingerprint density at radius 2 is 1.53 bits per heavy atom. The van der Waals surface area contributed by atoms with Crippen molar-refractivity contribution in [1.29, 1.82) is 0 Å². The molecule has 2 aromatic heterocycles. The highest BCUT2D eigenvalue weighted by Gasteiger charge is 2.42. The van der Waals surface area contributed by atoms with Gasteiger partial charge in [-0.25, -0.2) is 0 Å². The summed E-state index contributed by atoms with van der Waals surface area (Å²) in [6.45, 7) is 8.51. The van der Waals surface area contributed by atoms with Crippen molar-refractivity contribution in [2.24, 2.45) is 0 Å².